The van der Waals surface area contributed by atoms with Gasteiger partial charge in [-0.25, -0.2) is 0 Å². The summed E-state index contributed by atoms with van der Waals surface area (Å²) in [5.74, 6) is 0.840. The highest BCUT2D eigenvalue weighted by molar-refractivity contribution is 5.81. The first-order chi connectivity index (χ1) is 8.17. The molecule has 2 atom stereocenters. The molecule has 0 aromatic carbocycles. The van der Waals surface area contributed by atoms with Crippen molar-refractivity contribution in [1.29, 1.82) is 0 Å². The molecule has 0 spiro atoms. The highest BCUT2D eigenvalue weighted by atomic mass is 16.1. The molecule has 2 unspecified atom stereocenters. The molecule has 1 heteroatoms. The van der Waals surface area contributed by atoms with Gasteiger partial charge in [-0.3, -0.25) is 4.79 Å². The fourth-order valence-electron chi connectivity index (χ4n) is 3.16. The van der Waals surface area contributed by atoms with Crippen molar-refractivity contribution in [3.63, 3.8) is 0 Å². The van der Waals surface area contributed by atoms with Crippen molar-refractivity contribution in [1.82, 2.24) is 0 Å². The van der Waals surface area contributed by atoms with Gasteiger partial charge in [0.15, 0.2) is 0 Å². The van der Waals surface area contributed by atoms with Gasteiger partial charge in [0.1, 0.15) is 5.78 Å². The average Bonchev–Trinajstić information content (AvgIpc) is 2.82. The highest BCUT2D eigenvalue weighted by Crippen LogP contribution is 2.44. The van der Waals surface area contributed by atoms with Gasteiger partial charge in [-0.05, 0) is 29.4 Å². The van der Waals surface area contributed by atoms with E-state index in [0.717, 1.165) is 25.7 Å². The van der Waals surface area contributed by atoms with Crippen LogP contribution in [0, 0.1) is 11.3 Å². The fraction of sp³-hybridized carbons (Fsp3) is 0.438. The highest BCUT2D eigenvalue weighted by Gasteiger charge is 2.38. The summed E-state index contributed by atoms with van der Waals surface area (Å²) < 4.78 is 0. The van der Waals surface area contributed by atoms with Gasteiger partial charge in [0.2, 0.25) is 0 Å². The van der Waals surface area contributed by atoms with Gasteiger partial charge in [-0.2, -0.15) is 0 Å². The van der Waals surface area contributed by atoms with Gasteiger partial charge < -0.3 is 0 Å². The molecular weight excluding hydrogens is 208 g/mol. The van der Waals surface area contributed by atoms with Crippen molar-refractivity contribution in [3.8, 4) is 0 Å². The molecule has 0 N–H and O–H groups in total. The molecule has 0 saturated heterocycles. The van der Waals surface area contributed by atoms with Crippen LogP contribution in [0.25, 0.3) is 0 Å². The summed E-state index contributed by atoms with van der Waals surface area (Å²) in [6.07, 6.45) is 17.1. The summed E-state index contributed by atoms with van der Waals surface area (Å²) in [6.45, 7) is 2.25. The van der Waals surface area contributed by atoms with Gasteiger partial charge in [0, 0.05) is 18.8 Å². The van der Waals surface area contributed by atoms with Gasteiger partial charge in [0.05, 0.1) is 0 Å². The van der Waals surface area contributed by atoms with Crippen molar-refractivity contribution in [3.05, 3.63) is 47.6 Å². The largest absolute Gasteiger partial charge is 0.300 e. The Morgan fingerprint density at radius 3 is 2.82 bits per heavy atom. The quantitative estimate of drug-likeness (QED) is 0.665. The zero-order chi connectivity index (χ0) is 11.9. The molecule has 3 aliphatic carbocycles. The van der Waals surface area contributed by atoms with E-state index in [0.29, 0.717) is 11.7 Å². The van der Waals surface area contributed by atoms with Crippen LogP contribution < -0.4 is 0 Å². The van der Waals surface area contributed by atoms with E-state index in [1.165, 1.54) is 11.1 Å². The van der Waals surface area contributed by atoms with Gasteiger partial charge >= 0.3 is 0 Å². The van der Waals surface area contributed by atoms with Crippen molar-refractivity contribution < 1.29 is 4.79 Å². The monoisotopic (exact) mass is 226 g/mol. The van der Waals surface area contributed by atoms with Crippen molar-refractivity contribution in [2.45, 2.75) is 32.6 Å². The van der Waals surface area contributed by atoms with Crippen LogP contribution in [0.5, 0.6) is 0 Å². The minimum atomic E-state index is 0.146. The van der Waals surface area contributed by atoms with Crippen LogP contribution in [0.3, 0.4) is 0 Å². The van der Waals surface area contributed by atoms with Crippen LogP contribution in [0.2, 0.25) is 0 Å². The Morgan fingerprint density at radius 2 is 2.06 bits per heavy atom. The van der Waals surface area contributed by atoms with Gasteiger partial charge in [0.25, 0.3) is 0 Å². The average molecular weight is 226 g/mol. The second kappa shape index (κ2) is 3.83. The smallest absolute Gasteiger partial charge is 0.133 e. The number of Topliss-reactive ketones (excluding diaryl/α,β-unsaturated/α-hetero) is 1. The third-order valence-corrected chi connectivity index (χ3v) is 4.37. The van der Waals surface area contributed by atoms with Crippen LogP contribution in [-0.4, -0.2) is 5.78 Å². The lowest BCUT2D eigenvalue weighted by Crippen LogP contribution is -2.21. The molecule has 0 radical (unpaired) electrons. The summed E-state index contributed by atoms with van der Waals surface area (Å²) in [5.41, 5.74) is 2.90. The predicted molar refractivity (Wildman–Crippen MR) is 69.5 cm³/mol. The molecule has 3 aliphatic rings. The molecule has 17 heavy (non-hydrogen) atoms. The third kappa shape index (κ3) is 1.84. The molecule has 0 heterocycles. The first-order valence-corrected chi connectivity index (χ1v) is 6.45. The van der Waals surface area contributed by atoms with Crippen LogP contribution in [-0.2, 0) is 4.79 Å². The third-order valence-electron chi connectivity index (χ3n) is 4.37. The molecular formula is C16H18O. The van der Waals surface area contributed by atoms with E-state index in [9.17, 15) is 4.79 Å². The number of rotatable bonds is 1. The molecule has 0 bridgehead atoms. The predicted octanol–water partition coefficient (Wildman–Crippen LogP) is 3.74. The first kappa shape index (κ1) is 10.8. The topological polar surface area (TPSA) is 17.1 Å². The fourth-order valence-corrected chi connectivity index (χ4v) is 3.16. The SMILES string of the molecule is CC1(C2C=CC3=C(C=C2)CC=C3)CCC(=O)C1. The molecule has 0 aromatic heterocycles. The minimum absolute atomic E-state index is 0.146. The summed E-state index contributed by atoms with van der Waals surface area (Å²) >= 11 is 0. The maximum atomic E-state index is 11.5. The lowest BCUT2D eigenvalue weighted by Gasteiger charge is -2.28. The first-order valence-electron chi connectivity index (χ1n) is 6.45. The van der Waals surface area contributed by atoms with E-state index in [2.05, 4.69) is 43.4 Å². The summed E-state index contributed by atoms with van der Waals surface area (Å²) in [5, 5.41) is 0. The van der Waals surface area contributed by atoms with E-state index in [1.54, 1.807) is 0 Å². The number of ketones is 1. The molecule has 1 saturated carbocycles. The number of carbonyl (C=O) groups excluding carboxylic acids is 1. The molecule has 0 aliphatic heterocycles. The summed E-state index contributed by atoms with van der Waals surface area (Å²) in [4.78, 5) is 11.5. The second-order valence-electron chi connectivity index (χ2n) is 5.70. The number of hydrogen-bond donors (Lipinski definition) is 0. The zero-order valence-corrected chi connectivity index (χ0v) is 10.3. The standard InChI is InChI=1S/C16H18O/c1-16(10-9-15(17)11-16)14-7-5-12-3-2-4-13(12)6-8-14/h2-3,5-8,14H,4,9-11H2,1H3. The molecule has 1 nitrogen and oxygen atoms in total. The van der Waals surface area contributed by atoms with E-state index in [1.807, 2.05) is 0 Å². The summed E-state index contributed by atoms with van der Waals surface area (Å²) in [6, 6.07) is 0. The van der Waals surface area contributed by atoms with Gasteiger partial charge in [-0.1, -0.05) is 43.4 Å². The van der Waals surface area contributed by atoms with Crippen LogP contribution in [0.4, 0.5) is 0 Å². The number of hydrogen-bond acceptors (Lipinski definition) is 1. The second-order valence-corrected chi connectivity index (χ2v) is 5.70. The van der Waals surface area contributed by atoms with Crippen LogP contribution in [0.1, 0.15) is 32.6 Å². The normalized spacial score (nSPS) is 35.6. The van der Waals surface area contributed by atoms with Crippen molar-refractivity contribution in [2.75, 3.05) is 0 Å². The van der Waals surface area contributed by atoms with E-state index in [4.69, 9.17) is 0 Å². The Hall–Kier alpha value is -1.37. The Morgan fingerprint density at radius 1 is 1.24 bits per heavy atom. The van der Waals surface area contributed by atoms with Crippen molar-refractivity contribution >= 4 is 5.78 Å². The van der Waals surface area contributed by atoms with E-state index < -0.39 is 0 Å². The Balaban J connectivity index is 1.86. The molecule has 1 fully saturated rings. The molecule has 3 rings (SSSR count). The maximum Gasteiger partial charge on any atom is 0.133 e. The van der Waals surface area contributed by atoms with Gasteiger partial charge in [-0.15, -0.1) is 0 Å². The van der Waals surface area contributed by atoms with Crippen molar-refractivity contribution in [2.24, 2.45) is 11.3 Å². The Kier molecular flexibility index (Phi) is 2.43. The van der Waals surface area contributed by atoms with E-state index >= 15 is 0 Å². The minimum Gasteiger partial charge on any atom is -0.300 e. The summed E-state index contributed by atoms with van der Waals surface area (Å²) in [7, 11) is 0. The van der Waals surface area contributed by atoms with E-state index in [-0.39, 0.29) is 5.41 Å². The molecule has 88 valence electrons. The maximum absolute atomic E-state index is 11.5. The number of carbonyl (C=O) groups is 1. The molecule has 0 amide bonds. The Bertz CT molecular complexity index is 476. The van der Waals surface area contributed by atoms with Crippen LogP contribution in [0.15, 0.2) is 47.6 Å². The molecule has 0 aromatic rings. The zero-order valence-electron chi connectivity index (χ0n) is 10.3. The lowest BCUT2D eigenvalue weighted by atomic mass is 9.75. The lowest BCUT2D eigenvalue weighted by molar-refractivity contribution is -0.118. The number of allylic oxidation sites excluding steroid dienone is 8. The Labute approximate surface area is 103 Å². The van der Waals surface area contributed by atoms with Crippen LogP contribution >= 0.6 is 0 Å².